The largest absolute Gasteiger partial charge is 0.341 e. The SMILES string of the molecule is CC(=O)N1CCCN(C(=O)CN2C(=O)c3ccccc3C2=O)CC1. The van der Waals surface area contributed by atoms with Crippen molar-refractivity contribution in [2.45, 2.75) is 13.3 Å². The molecule has 0 bridgehead atoms. The molecule has 4 amide bonds. The van der Waals surface area contributed by atoms with Crippen molar-refractivity contribution in [3.05, 3.63) is 35.4 Å². The highest BCUT2D eigenvalue weighted by atomic mass is 16.2. The maximum absolute atomic E-state index is 12.5. The molecular formula is C17H19N3O4. The van der Waals surface area contributed by atoms with Gasteiger partial charge in [0, 0.05) is 33.1 Å². The first kappa shape index (κ1) is 16.2. The van der Waals surface area contributed by atoms with Gasteiger partial charge in [-0.2, -0.15) is 0 Å². The second kappa shape index (κ2) is 6.43. The molecule has 0 unspecified atom stereocenters. The number of nitrogens with zero attached hydrogens (tertiary/aromatic N) is 3. The fourth-order valence-corrected chi connectivity index (χ4v) is 3.10. The van der Waals surface area contributed by atoms with E-state index in [4.69, 9.17) is 0 Å². The average molecular weight is 329 g/mol. The van der Waals surface area contributed by atoms with Crippen molar-refractivity contribution in [3.63, 3.8) is 0 Å². The molecule has 0 spiro atoms. The zero-order chi connectivity index (χ0) is 17.3. The lowest BCUT2D eigenvalue weighted by Gasteiger charge is -2.23. The Morgan fingerprint density at radius 1 is 0.917 bits per heavy atom. The van der Waals surface area contributed by atoms with E-state index in [0.29, 0.717) is 43.7 Å². The van der Waals surface area contributed by atoms with Gasteiger partial charge in [-0.05, 0) is 18.6 Å². The summed E-state index contributed by atoms with van der Waals surface area (Å²) in [6, 6.07) is 6.58. The van der Waals surface area contributed by atoms with Crippen molar-refractivity contribution >= 4 is 23.6 Å². The van der Waals surface area contributed by atoms with Crippen LogP contribution in [0.15, 0.2) is 24.3 Å². The Bertz CT molecular complexity index is 681. The number of imide groups is 1. The fraction of sp³-hybridized carbons (Fsp3) is 0.412. The summed E-state index contributed by atoms with van der Waals surface area (Å²) in [5, 5.41) is 0. The normalized spacial score (nSPS) is 17.8. The van der Waals surface area contributed by atoms with E-state index in [1.54, 1.807) is 34.1 Å². The van der Waals surface area contributed by atoms with Crippen LogP contribution in [0.3, 0.4) is 0 Å². The monoisotopic (exact) mass is 329 g/mol. The molecule has 3 rings (SSSR count). The van der Waals surface area contributed by atoms with Crippen LogP contribution in [0.5, 0.6) is 0 Å². The summed E-state index contributed by atoms with van der Waals surface area (Å²) in [5.74, 6) is -1.13. The van der Waals surface area contributed by atoms with E-state index in [1.807, 2.05) is 0 Å². The van der Waals surface area contributed by atoms with Crippen LogP contribution in [0.2, 0.25) is 0 Å². The summed E-state index contributed by atoms with van der Waals surface area (Å²) in [4.78, 5) is 52.9. The highest BCUT2D eigenvalue weighted by Crippen LogP contribution is 2.22. The molecule has 0 atom stereocenters. The lowest BCUT2D eigenvalue weighted by Crippen LogP contribution is -2.44. The van der Waals surface area contributed by atoms with E-state index in [9.17, 15) is 19.2 Å². The number of hydrogen-bond acceptors (Lipinski definition) is 4. The molecule has 2 aliphatic heterocycles. The van der Waals surface area contributed by atoms with E-state index in [2.05, 4.69) is 0 Å². The Balaban J connectivity index is 1.67. The van der Waals surface area contributed by atoms with Crippen molar-refractivity contribution in [1.82, 2.24) is 14.7 Å². The third-order valence-electron chi connectivity index (χ3n) is 4.47. The number of rotatable bonds is 2. The summed E-state index contributed by atoms with van der Waals surface area (Å²) in [7, 11) is 0. The molecule has 1 aromatic carbocycles. The quantitative estimate of drug-likeness (QED) is 0.734. The first-order chi connectivity index (χ1) is 11.5. The molecule has 7 nitrogen and oxygen atoms in total. The van der Waals surface area contributed by atoms with Crippen LogP contribution in [-0.4, -0.2) is 71.1 Å². The number of fused-ring (bicyclic) bond motifs is 1. The number of carbonyl (C=O) groups is 4. The minimum Gasteiger partial charge on any atom is -0.341 e. The highest BCUT2D eigenvalue weighted by Gasteiger charge is 2.37. The molecule has 2 heterocycles. The first-order valence-electron chi connectivity index (χ1n) is 7.97. The van der Waals surface area contributed by atoms with Gasteiger partial charge in [0.15, 0.2) is 0 Å². The van der Waals surface area contributed by atoms with Crippen LogP contribution < -0.4 is 0 Å². The number of hydrogen-bond donors (Lipinski definition) is 0. The molecule has 126 valence electrons. The summed E-state index contributed by atoms with van der Waals surface area (Å²) >= 11 is 0. The average Bonchev–Trinajstić information content (AvgIpc) is 2.77. The van der Waals surface area contributed by atoms with Crippen LogP contribution in [0.25, 0.3) is 0 Å². The van der Waals surface area contributed by atoms with Crippen molar-refractivity contribution in [2.75, 3.05) is 32.7 Å². The van der Waals surface area contributed by atoms with Gasteiger partial charge in [0.2, 0.25) is 11.8 Å². The van der Waals surface area contributed by atoms with Crippen LogP contribution in [0.1, 0.15) is 34.1 Å². The van der Waals surface area contributed by atoms with Crippen LogP contribution in [-0.2, 0) is 9.59 Å². The Hall–Kier alpha value is -2.70. The van der Waals surface area contributed by atoms with Crippen molar-refractivity contribution in [2.24, 2.45) is 0 Å². The van der Waals surface area contributed by atoms with Gasteiger partial charge in [-0.25, -0.2) is 0 Å². The Labute approximate surface area is 139 Å². The molecule has 2 aliphatic rings. The van der Waals surface area contributed by atoms with Gasteiger partial charge in [-0.15, -0.1) is 0 Å². The maximum atomic E-state index is 12.5. The smallest absolute Gasteiger partial charge is 0.262 e. The van der Waals surface area contributed by atoms with E-state index >= 15 is 0 Å². The van der Waals surface area contributed by atoms with Gasteiger partial charge >= 0.3 is 0 Å². The molecule has 0 aromatic heterocycles. The van der Waals surface area contributed by atoms with E-state index in [-0.39, 0.29) is 18.4 Å². The zero-order valence-corrected chi connectivity index (χ0v) is 13.5. The van der Waals surface area contributed by atoms with Gasteiger partial charge in [0.05, 0.1) is 11.1 Å². The van der Waals surface area contributed by atoms with Gasteiger partial charge in [-0.3, -0.25) is 24.1 Å². The number of amides is 4. The third-order valence-corrected chi connectivity index (χ3v) is 4.47. The molecular weight excluding hydrogens is 310 g/mol. The number of carbonyl (C=O) groups excluding carboxylic acids is 4. The second-order valence-electron chi connectivity index (χ2n) is 5.98. The minimum absolute atomic E-state index is 0.00959. The maximum Gasteiger partial charge on any atom is 0.262 e. The standard InChI is InChI=1S/C17H19N3O4/c1-12(21)18-7-4-8-19(10-9-18)15(22)11-20-16(23)13-5-2-3-6-14(13)17(20)24/h2-3,5-6H,4,7-11H2,1H3. The predicted molar refractivity (Wildman–Crippen MR) is 85.3 cm³/mol. The Morgan fingerprint density at radius 2 is 1.46 bits per heavy atom. The topological polar surface area (TPSA) is 78.0 Å². The molecule has 0 saturated carbocycles. The Morgan fingerprint density at radius 3 is 2.04 bits per heavy atom. The molecule has 0 radical (unpaired) electrons. The fourth-order valence-electron chi connectivity index (χ4n) is 3.10. The summed E-state index contributed by atoms with van der Waals surface area (Å²) < 4.78 is 0. The summed E-state index contributed by atoms with van der Waals surface area (Å²) in [6.07, 6.45) is 0.688. The van der Waals surface area contributed by atoms with Crippen molar-refractivity contribution in [3.8, 4) is 0 Å². The minimum atomic E-state index is -0.427. The lowest BCUT2D eigenvalue weighted by atomic mass is 10.1. The van der Waals surface area contributed by atoms with Gasteiger partial charge in [-0.1, -0.05) is 12.1 Å². The molecule has 24 heavy (non-hydrogen) atoms. The predicted octanol–water partition coefficient (Wildman–Crippen LogP) is 0.363. The Kier molecular flexibility index (Phi) is 4.33. The highest BCUT2D eigenvalue weighted by molar-refractivity contribution is 6.22. The second-order valence-corrected chi connectivity index (χ2v) is 5.98. The molecule has 1 fully saturated rings. The molecule has 0 aliphatic carbocycles. The zero-order valence-electron chi connectivity index (χ0n) is 13.5. The first-order valence-corrected chi connectivity index (χ1v) is 7.97. The van der Waals surface area contributed by atoms with Crippen LogP contribution in [0, 0.1) is 0 Å². The molecule has 7 heteroatoms. The van der Waals surface area contributed by atoms with E-state index < -0.39 is 11.8 Å². The summed E-state index contributed by atoms with van der Waals surface area (Å²) in [6.45, 7) is 3.28. The van der Waals surface area contributed by atoms with Gasteiger partial charge in [0.25, 0.3) is 11.8 Å². The lowest BCUT2D eigenvalue weighted by molar-refractivity contribution is -0.132. The van der Waals surface area contributed by atoms with Crippen LogP contribution >= 0.6 is 0 Å². The van der Waals surface area contributed by atoms with Gasteiger partial charge in [0.1, 0.15) is 6.54 Å². The summed E-state index contributed by atoms with van der Waals surface area (Å²) in [5.41, 5.74) is 0.683. The van der Waals surface area contributed by atoms with Crippen LogP contribution in [0.4, 0.5) is 0 Å². The molecule has 1 aromatic rings. The van der Waals surface area contributed by atoms with Gasteiger partial charge < -0.3 is 9.80 Å². The van der Waals surface area contributed by atoms with E-state index in [1.165, 1.54) is 6.92 Å². The molecule has 0 N–H and O–H groups in total. The molecule has 1 saturated heterocycles. The number of benzene rings is 1. The van der Waals surface area contributed by atoms with Crippen molar-refractivity contribution < 1.29 is 19.2 Å². The van der Waals surface area contributed by atoms with Crippen molar-refractivity contribution in [1.29, 1.82) is 0 Å². The third kappa shape index (κ3) is 2.89. The van der Waals surface area contributed by atoms with E-state index in [0.717, 1.165) is 4.90 Å².